The van der Waals surface area contributed by atoms with E-state index in [4.69, 9.17) is 0 Å². The number of aliphatic imine (C=N–C) groups is 1. The van der Waals surface area contributed by atoms with Crippen LogP contribution < -0.4 is 16.0 Å². The molecule has 0 bridgehead atoms. The zero-order valence-electron chi connectivity index (χ0n) is 18.1. The Morgan fingerprint density at radius 1 is 1.09 bits per heavy atom. The third-order valence-electron chi connectivity index (χ3n) is 4.91. The Morgan fingerprint density at radius 3 is 2.44 bits per heavy atom. The molecule has 9 heteroatoms. The lowest BCUT2D eigenvalue weighted by Gasteiger charge is -2.26. The summed E-state index contributed by atoms with van der Waals surface area (Å²) in [5.74, 6) is 0.194. The van der Waals surface area contributed by atoms with Gasteiger partial charge in [0.05, 0.1) is 13.1 Å². The van der Waals surface area contributed by atoms with E-state index in [2.05, 4.69) is 20.9 Å². The molecule has 2 aromatic rings. The number of nitrogens with zero attached hydrogens (tertiary/aromatic N) is 2. The van der Waals surface area contributed by atoms with E-state index in [0.717, 1.165) is 24.1 Å². The van der Waals surface area contributed by atoms with Gasteiger partial charge in [-0.05, 0) is 48.7 Å². The van der Waals surface area contributed by atoms with Gasteiger partial charge in [-0.1, -0.05) is 24.3 Å². The molecule has 0 atom stereocenters. The van der Waals surface area contributed by atoms with Crippen LogP contribution in [0.4, 0.5) is 4.39 Å². The number of carbonyl (C=O) groups excluding carboxylic acids is 2. The standard InChI is InChI=1S/C23H28FN5O2.HI/c1-2-25-23(27-12-11-17-5-9-20(24)10-6-17)28-15-18-3-7-19(8-4-18)22(31)29-14-13-26-21(30)16-29;/h3-10H,2,11-16H2,1H3,(H,26,30)(H2,25,27,28);1H. The average molecular weight is 553 g/mol. The van der Waals surface area contributed by atoms with E-state index in [-0.39, 0.29) is 48.2 Å². The number of hydrogen-bond acceptors (Lipinski definition) is 3. The summed E-state index contributed by atoms with van der Waals surface area (Å²) in [5.41, 5.74) is 2.59. The number of rotatable bonds is 7. The molecule has 0 unspecified atom stereocenters. The first kappa shape index (κ1) is 25.6. The fourth-order valence-electron chi connectivity index (χ4n) is 3.24. The number of nitrogens with one attached hydrogen (secondary N) is 3. The van der Waals surface area contributed by atoms with Crippen molar-refractivity contribution >= 4 is 41.8 Å². The van der Waals surface area contributed by atoms with Crippen LogP contribution in [0.15, 0.2) is 53.5 Å². The maximum absolute atomic E-state index is 13.0. The van der Waals surface area contributed by atoms with Crippen molar-refractivity contribution < 1.29 is 14.0 Å². The van der Waals surface area contributed by atoms with Crippen LogP contribution in [-0.2, 0) is 17.8 Å². The van der Waals surface area contributed by atoms with E-state index in [1.807, 2.05) is 19.1 Å². The Morgan fingerprint density at radius 2 is 1.78 bits per heavy atom. The fraction of sp³-hybridized carbons (Fsp3) is 0.348. The highest BCUT2D eigenvalue weighted by atomic mass is 127. The van der Waals surface area contributed by atoms with Crippen molar-refractivity contribution in [1.82, 2.24) is 20.9 Å². The number of hydrogen-bond donors (Lipinski definition) is 3. The summed E-state index contributed by atoms with van der Waals surface area (Å²) < 4.78 is 13.0. The third kappa shape index (κ3) is 7.77. The lowest BCUT2D eigenvalue weighted by Crippen LogP contribution is -2.49. The first-order valence-corrected chi connectivity index (χ1v) is 10.5. The number of benzene rings is 2. The maximum atomic E-state index is 13.0. The van der Waals surface area contributed by atoms with E-state index >= 15 is 0 Å². The topological polar surface area (TPSA) is 85.8 Å². The second kappa shape index (κ2) is 13.0. The smallest absolute Gasteiger partial charge is 0.254 e. The molecule has 1 aliphatic heterocycles. The number of piperazine rings is 1. The lowest BCUT2D eigenvalue weighted by molar-refractivity contribution is -0.123. The highest BCUT2D eigenvalue weighted by molar-refractivity contribution is 14.0. The van der Waals surface area contributed by atoms with E-state index in [1.165, 1.54) is 12.1 Å². The first-order valence-electron chi connectivity index (χ1n) is 10.5. The molecule has 0 radical (unpaired) electrons. The highest BCUT2D eigenvalue weighted by Gasteiger charge is 2.22. The predicted molar refractivity (Wildman–Crippen MR) is 134 cm³/mol. The molecule has 0 saturated carbocycles. The van der Waals surface area contributed by atoms with Gasteiger partial charge in [0.25, 0.3) is 5.91 Å². The van der Waals surface area contributed by atoms with Crippen molar-refractivity contribution in [2.24, 2.45) is 4.99 Å². The monoisotopic (exact) mass is 553 g/mol. The van der Waals surface area contributed by atoms with Crippen LogP contribution in [0.1, 0.15) is 28.4 Å². The van der Waals surface area contributed by atoms with Crippen LogP contribution in [0, 0.1) is 5.82 Å². The largest absolute Gasteiger partial charge is 0.357 e. The predicted octanol–water partition coefficient (Wildman–Crippen LogP) is 2.31. The van der Waals surface area contributed by atoms with Crippen molar-refractivity contribution in [3.8, 4) is 0 Å². The van der Waals surface area contributed by atoms with Crippen molar-refractivity contribution in [2.75, 3.05) is 32.7 Å². The zero-order chi connectivity index (χ0) is 22.1. The molecule has 1 heterocycles. The Kier molecular flexibility index (Phi) is 10.4. The van der Waals surface area contributed by atoms with E-state index in [0.29, 0.717) is 37.7 Å². The molecule has 2 aromatic carbocycles. The zero-order valence-corrected chi connectivity index (χ0v) is 20.4. The molecule has 7 nitrogen and oxygen atoms in total. The fourth-order valence-corrected chi connectivity index (χ4v) is 3.24. The van der Waals surface area contributed by atoms with Gasteiger partial charge in [0, 0.05) is 31.7 Å². The number of guanidine groups is 1. The summed E-state index contributed by atoms with van der Waals surface area (Å²) >= 11 is 0. The normalized spacial score (nSPS) is 13.8. The second-order valence-corrected chi connectivity index (χ2v) is 7.27. The Bertz CT molecular complexity index is 919. The minimum absolute atomic E-state index is 0. The van der Waals surface area contributed by atoms with Gasteiger partial charge in [-0.15, -0.1) is 24.0 Å². The molecule has 1 fully saturated rings. The van der Waals surface area contributed by atoms with Gasteiger partial charge in [0.15, 0.2) is 5.96 Å². The second-order valence-electron chi connectivity index (χ2n) is 7.27. The van der Waals surface area contributed by atoms with Crippen LogP contribution in [-0.4, -0.2) is 55.4 Å². The van der Waals surface area contributed by atoms with E-state index in [9.17, 15) is 14.0 Å². The van der Waals surface area contributed by atoms with Crippen molar-refractivity contribution in [3.63, 3.8) is 0 Å². The summed E-state index contributed by atoms with van der Waals surface area (Å²) in [5, 5.41) is 9.20. The number of halogens is 2. The summed E-state index contributed by atoms with van der Waals surface area (Å²) in [7, 11) is 0. The van der Waals surface area contributed by atoms with E-state index < -0.39 is 0 Å². The minimum Gasteiger partial charge on any atom is -0.357 e. The van der Waals surface area contributed by atoms with Gasteiger partial charge in [-0.25, -0.2) is 9.38 Å². The Hall–Kier alpha value is -2.69. The van der Waals surface area contributed by atoms with E-state index in [1.54, 1.807) is 29.2 Å². The molecule has 1 saturated heterocycles. The number of amides is 2. The average Bonchev–Trinajstić information content (AvgIpc) is 2.78. The van der Waals surface area contributed by atoms with Crippen molar-refractivity contribution in [2.45, 2.75) is 19.9 Å². The summed E-state index contributed by atoms with van der Waals surface area (Å²) in [6.45, 7) is 4.98. The number of carbonyl (C=O) groups is 2. The highest BCUT2D eigenvalue weighted by Crippen LogP contribution is 2.10. The van der Waals surface area contributed by atoms with Crippen LogP contribution in [0.5, 0.6) is 0 Å². The lowest BCUT2D eigenvalue weighted by atomic mass is 10.1. The van der Waals surface area contributed by atoms with Crippen LogP contribution in [0.3, 0.4) is 0 Å². The maximum Gasteiger partial charge on any atom is 0.254 e. The SMILES string of the molecule is CCNC(=NCc1ccc(C(=O)N2CCNC(=O)C2)cc1)NCCc1ccc(F)cc1.I. The molecule has 3 rings (SSSR count). The molecule has 1 aliphatic rings. The quantitative estimate of drug-likeness (QED) is 0.279. The molecule has 2 amide bonds. The van der Waals surface area contributed by atoms with Gasteiger partial charge >= 0.3 is 0 Å². The summed E-state index contributed by atoms with van der Waals surface area (Å²) in [4.78, 5) is 30.2. The van der Waals surface area contributed by atoms with Gasteiger partial charge in [-0.3, -0.25) is 9.59 Å². The molecule has 0 aliphatic carbocycles. The third-order valence-corrected chi connectivity index (χ3v) is 4.91. The minimum atomic E-state index is -0.235. The molecule has 0 aromatic heterocycles. The van der Waals surface area contributed by atoms with Crippen molar-refractivity contribution in [3.05, 3.63) is 71.0 Å². The molecule has 172 valence electrons. The molecule has 0 spiro atoms. The van der Waals surface area contributed by atoms with Gasteiger partial charge < -0.3 is 20.9 Å². The van der Waals surface area contributed by atoms with Crippen molar-refractivity contribution in [1.29, 1.82) is 0 Å². The molecular weight excluding hydrogens is 524 g/mol. The van der Waals surface area contributed by atoms with Gasteiger partial charge in [-0.2, -0.15) is 0 Å². The molecular formula is C23H29FIN5O2. The van der Waals surface area contributed by atoms with Crippen LogP contribution in [0.2, 0.25) is 0 Å². The van der Waals surface area contributed by atoms with Crippen LogP contribution >= 0.6 is 24.0 Å². The Balaban J connectivity index is 0.00000363. The molecule has 32 heavy (non-hydrogen) atoms. The Labute approximate surface area is 204 Å². The van der Waals surface area contributed by atoms with Gasteiger partial charge in [0.2, 0.25) is 5.91 Å². The van der Waals surface area contributed by atoms with Gasteiger partial charge in [0.1, 0.15) is 5.82 Å². The van der Waals surface area contributed by atoms with Crippen LogP contribution in [0.25, 0.3) is 0 Å². The summed E-state index contributed by atoms with van der Waals surface area (Å²) in [6.07, 6.45) is 0.760. The summed E-state index contributed by atoms with van der Waals surface area (Å²) in [6, 6.07) is 13.8. The first-order chi connectivity index (χ1) is 15.0. The molecule has 3 N–H and O–H groups in total.